The van der Waals surface area contributed by atoms with Gasteiger partial charge in [-0.25, -0.2) is 0 Å². The molecule has 1 saturated carbocycles. The Labute approximate surface area is 98.4 Å². The second kappa shape index (κ2) is 5.46. The summed E-state index contributed by atoms with van der Waals surface area (Å²) in [4.78, 5) is 2.57. The van der Waals surface area contributed by atoms with Crippen LogP contribution in [0.5, 0.6) is 0 Å². The van der Waals surface area contributed by atoms with Crippen molar-refractivity contribution in [1.29, 1.82) is 0 Å². The predicted molar refractivity (Wildman–Crippen MR) is 68.5 cm³/mol. The molecule has 0 saturated heterocycles. The van der Waals surface area contributed by atoms with E-state index < -0.39 is 0 Å². The first-order chi connectivity index (χ1) is 7.85. The third kappa shape index (κ3) is 2.83. The van der Waals surface area contributed by atoms with Gasteiger partial charge in [0, 0.05) is 25.0 Å². The van der Waals surface area contributed by atoms with Gasteiger partial charge in [-0.15, -0.1) is 0 Å². The van der Waals surface area contributed by atoms with Crippen LogP contribution in [0.25, 0.3) is 0 Å². The van der Waals surface area contributed by atoms with Crippen molar-refractivity contribution in [1.82, 2.24) is 4.90 Å². The van der Waals surface area contributed by atoms with E-state index in [2.05, 4.69) is 42.2 Å². The van der Waals surface area contributed by atoms with Crippen molar-refractivity contribution in [3.63, 3.8) is 0 Å². The minimum Gasteiger partial charge on any atom is -0.330 e. The van der Waals surface area contributed by atoms with Crippen LogP contribution < -0.4 is 5.73 Å². The second-order valence-corrected chi connectivity index (χ2v) is 4.66. The number of rotatable bonds is 6. The highest BCUT2D eigenvalue weighted by Gasteiger charge is 2.29. The van der Waals surface area contributed by atoms with Gasteiger partial charge in [0.15, 0.2) is 0 Å². The van der Waals surface area contributed by atoms with E-state index in [1.807, 2.05) is 0 Å². The fraction of sp³-hybridized carbons (Fsp3) is 0.571. The third-order valence-corrected chi connectivity index (χ3v) is 3.48. The number of nitrogens with zero attached hydrogens (tertiary/aromatic N) is 1. The Morgan fingerprint density at radius 3 is 2.50 bits per heavy atom. The normalized spacial score (nSPS) is 17.7. The van der Waals surface area contributed by atoms with Gasteiger partial charge in [0.05, 0.1) is 0 Å². The lowest BCUT2D eigenvalue weighted by atomic mass is 9.98. The first kappa shape index (κ1) is 11.6. The topological polar surface area (TPSA) is 29.3 Å². The minimum atomic E-state index is 0.488. The molecule has 16 heavy (non-hydrogen) atoms. The molecule has 0 amide bonds. The molecule has 0 aliphatic heterocycles. The van der Waals surface area contributed by atoms with Gasteiger partial charge < -0.3 is 10.6 Å². The summed E-state index contributed by atoms with van der Waals surface area (Å²) in [6.45, 7) is 5.25. The summed E-state index contributed by atoms with van der Waals surface area (Å²) in [5, 5.41) is 0. The quantitative estimate of drug-likeness (QED) is 0.793. The molecule has 1 fully saturated rings. The van der Waals surface area contributed by atoms with E-state index in [-0.39, 0.29) is 0 Å². The summed E-state index contributed by atoms with van der Waals surface area (Å²) in [6.07, 6.45) is 2.75. The molecule has 1 atom stereocenters. The van der Waals surface area contributed by atoms with Gasteiger partial charge in [0.1, 0.15) is 0 Å². The number of nitrogens with two attached hydrogens (primary N) is 1. The van der Waals surface area contributed by atoms with Crippen molar-refractivity contribution < 1.29 is 0 Å². The van der Waals surface area contributed by atoms with Gasteiger partial charge in [0.2, 0.25) is 0 Å². The zero-order chi connectivity index (χ0) is 11.4. The summed E-state index contributed by atoms with van der Waals surface area (Å²) < 4.78 is 0. The highest BCUT2D eigenvalue weighted by atomic mass is 15.2. The van der Waals surface area contributed by atoms with Crippen LogP contribution in [0.4, 0.5) is 0 Å². The Kier molecular flexibility index (Phi) is 3.97. The molecule has 0 radical (unpaired) electrons. The SMILES string of the molecule is CCN(CC(CN)c1ccccc1)C1CC1. The van der Waals surface area contributed by atoms with E-state index in [4.69, 9.17) is 5.73 Å². The first-order valence-corrected chi connectivity index (χ1v) is 6.34. The van der Waals surface area contributed by atoms with Gasteiger partial charge in [-0.1, -0.05) is 37.3 Å². The lowest BCUT2D eigenvalue weighted by Crippen LogP contribution is -2.33. The zero-order valence-electron chi connectivity index (χ0n) is 10.1. The maximum atomic E-state index is 5.90. The van der Waals surface area contributed by atoms with Crippen LogP contribution >= 0.6 is 0 Å². The lowest BCUT2D eigenvalue weighted by Gasteiger charge is -2.25. The van der Waals surface area contributed by atoms with Crippen molar-refractivity contribution in [2.75, 3.05) is 19.6 Å². The molecule has 1 aliphatic rings. The van der Waals surface area contributed by atoms with Crippen molar-refractivity contribution in [2.45, 2.75) is 31.7 Å². The van der Waals surface area contributed by atoms with E-state index in [0.717, 1.165) is 25.7 Å². The molecule has 0 aromatic heterocycles. The van der Waals surface area contributed by atoms with Crippen molar-refractivity contribution in [3.8, 4) is 0 Å². The molecule has 2 heteroatoms. The van der Waals surface area contributed by atoms with Crippen molar-refractivity contribution in [2.24, 2.45) is 5.73 Å². The minimum absolute atomic E-state index is 0.488. The molecular formula is C14H22N2. The van der Waals surface area contributed by atoms with Crippen LogP contribution in [0.15, 0.2) is 30.3 Å². The smallest absolute Gasteiger partial charge is 0.00965 e. The largest absolute Gasteiger partial charge is 0.330 e. The van der Waals surface area contributed by atoms with E-state index >= 15 is 0 Å². The van der Waals surface area contributed by atoms with E-state index in [1.54, 1.807) is 0 Å². The molecule has 1 aromatic rings. The van der Waals surface area contributed by atoms with Crippen LogP contribution in [0, 0.1) is 0 Å². The number of benzene rings is 1. The predicted octanol–water partition coefficient (Wildman–Crippen LogP) is 2.21. The summed E-state index contributed by atoms with van der Waals surface area (Å²) >= 11 is 0. The van der Waals surface area contributed by atoms with Crippen LogP contribution in [0.1, 0.15) is 31.2 Å². The third-order valence-electron chi connectivity index (χ3n) is 3.48. The fourth-order valence-electron chi connectivity index (χ4n) is 2.30. The molecule has 88 valence electrons. The van der Waals surface area contributed by atoms with Crippen LogP contribution in [-0.2, 0) is 0 Å². The van der Waals surface area contributed by atoms with Crippen LogP contribution in [0.3, 0.4) is 0 Å². The Balaban J connectivity index is 1.99. The molecule has 1 unspecified atom stereocenters. The Hall–Kier alpha value is -0.860. The maximum Gasteiger partial charge on any atom is 0.00965 e. The molecule has 1 aromatic carbocycles. The summed E-state index contributed by atoms with van der Waals surface area (Å²) in [7, 11) is 0. The van der Waals surface area contributed by atoms with E-state index in [0.29, 0.717) is 5.92 Å². The number of likely N-dealkylation sites (N-methyl/N-ethyl adjacent to an activating group) is 1. The number of hydrogen-bond acceptors (Lipinski definition) is 2. The summed E-state index contributed by atoms with van der Waals surface area (Å²) in [6, 6.07) is 11.5. The average molecular weight is 218 g/mol. The Morgan fingerprint density at radius 2 is 2.00 bits per heavy atom. The van der Waals surface area contributed by atoms with Gasteiger partial charge in [-0.3, -0.25) is 0 Å². The summed E-state index contributed by atoms with van der Waals surface area (Å²) in [5.41, 5.74) is 7.28. The molecule has 1 aliphatic carbocycles. The zero-order valence-corrected chi connectivity index (χ0v) is 10.1. The Bertz CT molecular complexity index is 306. The summed E-state index contributed by atoms with van der Waals surface area (Å²) in [5.74, 6) is 0.488. The molecule has 2 nitrogen and oxygen atoms in total. The highest BCUT2D eigenvalue weighted by molar-refractivity contribution is 5.20. The first-order valence-electron chi connectivity index (χ1n) is 6.34. The lowest BCUT2D eigenvalue weighted by molar-refractivity contribution is 0.260. The second-order valence-electron chi connectivity index (χ2n) is 4.66. The standard InChI is InChI=1S/C14H22N2/c1-2-16(14-8-9-14)11-13(10-15)12-6-4-3-5-7-12/h3-7,13-14H,2,8-11,15H2,1H3. The molecule has 0 spiro atoms. The monoisotopic (exact) mass is 218 g/mol. The van der Waals surface area contributed by atoms with Gasteiger partial charge >= 0.3 is 0 Å². The van der Waals surface area contributed by atoms with Crippen LogP contribution in [-0.4, -0.2) is 30.6 Å². The van der Waals surface area contributed by atoms with Crippen molar-refractivity contribution in [3.05, 3.63) is 35.9 Å². The molecule has 2 N–H and O–H groups in total. The van der Waals surface area contributed by atoms with E-state index in [9.17, 15) is 0 Å². The maximum absolute atomic E-state index is 5.90. The number of hydrogen-bond donors (Lipinski definition) is 1. The Morgan fingerprint density at radius 1 is 1.31 bits per heavy atom. The van der Waals surface area contributed by atoms with Crippen LogP contribution in [0.2, 0.25) is 0 Å². The van der Waals surface area contributed by atoms with Gasteiger partial charge in [-0.05, 0) is 24.9 Å². The fourth-order valence-corrected chi connectivity index (χ4v) is 2.30. The van der Waals surface area contributed by atoms with Gasteiger partial charge in [0.25, 0.3) is 0 Å². The molecule has 0 bridgehead atoms. The average Bonchev–Trinajstić information content (AvgIpc) is 3.16. The van der Waals surface area contributed by atoms with Gasteiger partial charge in [-0.2, -0.15) is 0 Å². The van der Waals surface area contributed by atoms with Crippen molar-refractivity contribution >= 4 is 0 Å². The molecular weight excluding hydrogens is 196 g/mol. The molecule has 2 rings (SSSR count). The molecule has 0 heterocycles. The van der Waals surface area contributed by atoms with E-state index in [1.165, 1.54) is 18.4 Å². The highest BCUT2D eigenvalue weighted by Crippen LogP contribution is 2.28.